The minimum Gasteiger partial charge on any atom is -0.463 e. The van der Waals surface area contributed by atoms with Gasteiger partial charge in [-0.2, -0.15) is 0 Å². The van der Waals surface area contributed by atoms with Crippen LogP contribution in [0.1, 0.15) is 43.4 Å². The summed E-state index contributed by atoms with van der Waals surface area (Å²) < 4.78 is 55.9. The molecule has 180 valence electrons. The highest BCUT2D eigenvalue weighted by molar-refractivity contribution is 14.1. The fraction of sp³-hybridized carbons (Fsp3) is 0.476. The highest BCUT2D eigenvalue weighted by Crippen LogP contribution is 2.28. The Hall–Kier alpha value is -2.74. The number of ether oxygens (including phenoxy) is 5. The van der Waals surface area contributed by atoms with E-state index in [-0.39, 0.29) is 5.56 Å². The van der Waals surface area contributed by atoms with Crippen LogP contribution in [0.15, 0.2) is 24.3 Å². The van der Waals surface area contributed by atoms with Crippen molar-refractivity contribution >= 4 is 52.4 Å². The molecule has 0 aliphatic carbocycles. The Bertz CT molecular complexity index is 1000. The van der Waals surface area contributed by atoms with Gasteiger partial charge < -0.3 is 29.0 Å². The molecule has 0 bridgehead atoms. The molecular weight excluding hydrogens is 553 g/mol. The van der Waals surface area contributed by atoms with Crippen LogP contribution in [-0.4, -0.2) is 67.0 Å². The highest BCUT2D eigenvalue weighted by Gasteiger charge is 2.52. The van der Waals surface area contributed by atoms with Gasteiger partial charge in [0, 0.05) is 42.2 Å². The van der Waals surface area contributed by atoms with Crippen LogP contribution < -0.4 is 5.32 Å². The van der Waals surface area contributed by atoms with Crippen LogP contribution >= 0.6 is 22.6 Å². The number of carbonyl (C=O) groups excluding carboxylic acids is 5. The van der Waals surface area contributed by atoms with Gasteiger partial charge in [-0.3, -0.25) is 24.0 Å². The summed E-state index contributed by atoms with van der Waals surface area (Å²) in [5, 5.41) is 2.52. The summed E-state index contributed by atoms with van der Waals surface area (Å²) in [4.78, 5) is 60.7. The average molecular weight is 581 g/mol. The smallest absolute Gasteiger partial charge is 0.305 e. The molecule has 5 atom stereocenters. The number of rotatable bonds is 7. The molecule has 1 aliphatic rings. The average Bonchev–Trinajstić information content (AvgIpc) is 2.89. The third-order valence-corrected chi connectivity index (χ3v) is 4.89. The van der Waals surface area contributed by atoms with Crippen LogP contribution in [0.4, 0.5) is 0 Å². The Kier molecular flexibility index (Phi) is 7.53. The molecule has 0 radical (unpaired) electrons. The van der Waals surface area contributed by atoms with Gasteiger partial charge in [-0.1, -0.05) is 6.07 Å². The number of amides is 1. The first kappa shape index (κ1) is 20.8. The van der Waals surface area contributed by atoms with Crippen LogP contribution in [0.5, 0.6) is 0 Å². The van der Waals surface area contributed by atoms with Crippen molar-refractivity contribution < 1.29 is 53.1 Å². The lowest BCUT2D eigenvalue weighted by Gasteiger charge is -2.44. The molecule has 11 nitrogen and oxygen atoms in total. The van der Waals surface area contributed by atoms with E-state index in [1.807, 2.05) is 22.6 Å². The molecule has 1 fully saturated rings. The lowest BCUT2D eigenvalue weighted by Crippen LogP contribution is -2.67. The van der Waals surface area contributed by atoms with Crippen molar-refractivity contribution in [2.45, 2.75) is 58.2 Å². The molecule has 1 aliphatic heterocycles. The Balaban J connectivity index is 2.52. The normalized spacial score (nSPS) is 25.8. The van der Waals surface area contributed by atoms with Crippen LogP contribution in [0.2, 0.25) is 0 Å². The van der Waals surface area contributed by atoms with Gasteiger partial charge in [0.1, 0.15) is 18.8 Å². The van der Waals surface area contributed by atoms with E-state index in [1.54, 1.807) is 12.1 Å². The molecule has 1 saturated heterocycles. The third-order valence-electron chi connectivity index (χ3n) is 4.22. The second-order valence-corrected chi connectivity index (χ2v) is 7.88. The Morgan fingerprint density at radius 1 is 0.970 bits per heavy atom. The summed E-state index contributed by atoms with van der Waals surface area (Å²) >= 11 is 1.99. The predicted molar refractivity (Wildman–Crippen MR) is 119 cm³/mol. The van der Waals surface area contributed by atoms with Gasteiger partial charge in [0.2, 0.25) is 6.29 Å². The fourth-order valence-electron chi connectivity index (χ4n) is 3.05. The highest BCUT2D eigenvalue weighted by atomic mass is 127. The maximum Gasteiger partial charge on any atom is 0.305 e. The molecular formula is C21H24INO10. The van der Waals surface area contributed by atoms with Crippen LogP contribution in [0, 0.1) is 3.57 Å². The third kappa shape index (κ3) is 7.96. The van der Waals surface area contributed by atoms with E-state index in [9.17, 15) is 24.0 Å². The maximum atomic E-state index is 13.0. The van der Waals surface area contributed by atoms with Crippen LogP contribution in [0.3, 0.4) is 0 Å². The van der Waals surface area contributed by atoms with E-state index >= 15 is 0 Å². The zero-order valence-electron chi connectivity index (χ0n) is 21.2. The molecule has 0 saturated carbocycles. The molecule has 1 aromatic rings. The molecule has 1 amide bonds. The van der Waals surface area contributed by atoms with E-state index in [0.29, 0.717) is 0 Å². The minimum atomic E-state index is -1.71. The first-order valence-electron chi connectivity index (χ1n) is 12.1. The Morgan fingerprint density at radius 2 is 1.61 bits per heavy atom. The molecule has 12 heteroatoms. The van der Waals surface area contributed by atoms with Gasteiger partial charge in [0.15, 0.2) is 12.2 Å². The van der Waals surface area contributed by atoms with E-state index in [2.05, 4.69) is 5.32 Å². The number of esters is 4. The molecule has 2 rings (SSSR count). The van der Waals surface area contributed by atoms with Crippen molar-refractivity contribution in [2.75, 3.05) is 6.61 Å². The van der Waals surface area contributed by atoms with E-state index < -0.39 is 94.6 Å². The molecule has 1 heterocycles. The second kappa shape index (κ2) is 11.9. The van der Waals surface area contributed by atoms with E-state index in [1.165, 1.54) is 12.1 Å². The van der Waals surface area contributed by atoms with Gasteiger partial charge in [0.25, 0.3) is 5.91 Å². The summed E-state index contributed by atoms with van der Waals surface area (Å²) in [6, 6.07) is 4.85. The molecule has 1 N–H and O–H groups in total. The number of hydrogen-bond donors (Lipinski definition) is 1. The lowest BCUT2D eigenvalue weighted by atomic mass is 9.95. The van der Waals surface area contributed by atoms with Gasteiger partial charge in [-0.25, -0.2) is 0 Å². The molecule has 33 heavy (non-hydrogen) atoms. The quantitative estimate of drug-likeness (QED) is 0.283. The maximum absolute atomic E-state index is 13.0. The number of carbonyl (C=O) groups is 5. The van der Waals surface area contributed by atoms with Crippen LogP contribution in [-0.2, 0) is 42.9 Å². The van der Waals surface area contributed by atoms with Crippen molar-refractivity contribution in [2.24, 2.45) is 0 Å². The summed E-state index contributed by atoms with van der Waals surface area (Å²) in [5.74, 6) is -4.94. The van der Waals surface area contributed by atoms with Gasteiger partial charge in [0.05, 0.1) is 0 Å². The predicted octanol–water partition coefficient (Wildman–Crippen LogP) is 1.10. The van der Waals surface area contributed by atoms with Gasteiger partial charge in [-0.15, -0.1) is 0 Å². The zero-order valence-corrected chi connectivity index (χ0v) is 19.3. The Morgan fingerprint density at radius 3 is 2.24 bits per heavy atom. The Labute approximate surface area is 209 Å². The fourth-order valence-corrected chi connectivity index (χ4v) is 3.59. The van der Waals surface area contributed by atoms with Crippen molar-refractivity contribution in [3.8, 4) is 0 Å². The topological polar surface area (TPSA) is 144 Å². The van der Waals surface area contributed by atoms with E-state index in [0.717, 1.165) is 3.57 Å². The number of hydrogen-bond acceptors (Lipinski definition) is 10. The van der Waals surface area contributed by atoms with Gasteiger partial charge >= 0.3 is 23.9 Å². The molecule has 1 aromatic carbocycles. The lowest BCUT2D eigenvalue weighted by molar-refractivity contribution is -0.270. The summed E-state index contributed by atoms with van der Waals surface area (Å²) in [7, 11) is 0. The minimum absolute atomic E-state index is 0.175. The number of nitrogens with one attached hydrogen (secondary N) is 1. The molecule has 0 aromatic heterocycles. The van der Waals surface area contributed by atoms with Crippen molar-refractivity contribution in [1.29, 1.82) is 0 Å². The second-order valence-electron chi connectivity index (χ2n) is 6.63. The van der Waals surface area contributed by atoms with E-state index in [4.69, 9.17) is 29.2 Å². The monoisotopic (exact) mass is 581 g/mol. The summed E-state index contributed by atoms with van der Waals surface area (Å²) in [5.41, 5.74) is 0.175. The molecule has 0 spiro atoms. The van der Waals surface area contributed by atoms with Gasteiger partial charge in [-0.05, 0) is 40.8 Å². The van der Waals surface area contributed by atoms with Crippen molar-refractivity contribution in [3.63, 3.8) is 0 Å². The van der Waals surface area contributed by atoms with Crippen molar-refractivity contribution in [1.82, 2.24) is 5.32 Å². The standard InChI is InChI=1S/C21H24INO10/c1-10(24)29-9-16-18(30-11(2)25)19(31-12(3)26)17(21(33-16)32-13(4)27)23-20(28)14-6-5-7-15(22)8-14/h5-8,16-19,21H,9H2,1-4H3,(H,23,28)/t16-,17-,18-,19-,21?/m1/s1/i1D,2D,3D,4D. The SMILES string of the molecule is [2H]CC(=O)OC[C@H]1OC(OC(=O)C[2H])[C@H](NC(=O)c2cccc(I)c2)[C@@H](OC(=O)C[2H])[C@@H]1OC(=O)C[2H]. The summed E-state index contributed by atoms with van der Waals surface area (Å²) in [6.07, 6.45) is -6.36. The number of halogens is 1. The first-order valence-corrected chi connectivity index (χ1v) is 10.3. The van der Waals surface area contributed by atoms with Crippen LogP contribution in [0.25, 0.3) is 0 Å². The van der Waals surface area contributed by atoms with Crippen molar-refractivity contribution in [3.05, 3.63) is 33.4 Å². The molecule has 1 unspecified atom stereocenters. The summed E-state index contributed by atoms with van der Waals surface area (Å²) in [6.45, 7) is -3.92. The number of benzene rings is 1. The first-order chi connectivity index (χ1) is 17.6. The zero-order chi connectivity index (χ0) is 27.5. The largest absolute Gasteiger partial charge is 0.463 e.